The summed E-state index contributed by atoms with van der Waals surface area (Å²) >= 11 is 0. The standard InChI is InChI=1S/C25H41O14P/c1-15(26)32-11-18-10-19(37-16(2)27)21(38-17(3)28)20(39-18)12-40(31,35-13-33-22(29)24(4,5)6)36-14-34-23(30)25(7,8)9/h18-21H,10-14H2,1-9H3/t18?,19?,20-,21+/m1/s1. The molecule has 2 unspecified atom stereocenters. The molecule has 1 fully saturated rings. The third kappa shape index (κ3) is 12.8. The first-order valence-corrected chi connectivity index (χ1v) is 14.3. The first-order valence-electron chi connectivity index (χ1n) is 12.6. The smallest absolute Gasteiger partial charge is 0.339 e. The van der Waals surface area contributed by atoms with Crippen molar-refractivity contribution in [2.75, 3.05) is 26.4 Å². The number of carbonyl (C=O) groups excluding carboxylic acids is 5. The van der Waals surface area contributed by atoms with Gasteiger partial charge in [-0.15, -0.1) is 0 Å². The Labute approximate surface area is 234 Å². The molecule has 0 saturated carbocycles. The summed E-state index contributed by atoms with van der Waals surface area (Å²) in [6, 6.07) is 0. The van der Waals surface area contributed by atoms with Crippen LogP contribution in [-0.2, 0) is 66.0 Å². The Hall–Kier alpha value is -2.54. The lowest BCUT2D eigenvalue weighted by molar-refractivity contribution is -0.209. The predicted molar refractivity (Wildman–Crippen MR) is 136 cm³/mol. The minimum absolute atomic E-state index is 0.0142. The molecule has 1 rings (SSSR count). The van der Waals surface area contributed by atoms with Crippen molar-refractivity contribution in [2.24, 2.45) is 10.8 Å². The molecule has 0 N–H and O–H groups in total. The number of hydrogen-bond donors (Lipinski definition) is 0. The molecule has 14 nitrogen and oxygen atoms in total. The van der Waals surface area contributed by atoms with E-state index in [9.17, 15) is 28.5 Å². The lowest BCUT2D eigenvalue weighted by Gasteiger charge is -2.40. The maximum atomic E-state index is 13.8. The van der Waals surface area contributed by atoms with Crippen molar-refractivity contribution in [1.29, 1.82) is 0 Å². The zero-order valence-corrected chi connectivity index (χ0v) is 25.4. The van der Waals surface area contributed by atoms with Gasteiger partial charge >= 0.3 is 37.4 Å². The van der Waals surface area contributed by atoms with Crippen LogP contribution in [-0.4, -0.2) is 80.6 Å². The van der Waals surface area contributed by atoms with Gasteiger partial charge in [-0.2, -0.15) is 0 Å². The van der Waals surface area contributed by atoms with Gasteiger partial charge in [-0.1, -0.05) is 0 Å². The molecule has 0 aromatic carbocycles. The van der Waals surface area contributed by atoms with E-state index >= 15 is 0 Å². The molecule has 1 aliphatic rings. The number of carbonyl (C=O) groups is 5. The second kappa shape index (κ2) is 14.9. The second-order valence-corrected chi connectivity index (χ2v) is 13.3. The minimum atomic E-state index is -4.33. The molecule has 1 aliphatic heterocycles. The summed E-state index contributed by atoms with van der Waals surface area (Å²) in [7, 11) is -4.33. The van der Waals surface area contributed by atoms with Crippen molar-refractivity contribution < 1.29 is 66.0 Å². The summed E-state index contributed by atoms with van der Waals surface area (Å²) in [5.41, 5.74) is -1.77. The molecule has 15 heteroatoms. The first kappa shape index (κ1) is 35.5. The molecule has 0 aromatic rings. The van der Waals surface area contributed by atoms with E-state index in [0.717, 1.165) is 13.8 Å². The first-order chi connectivity index (χ1) is 18.2. The van der Waals surface area contributed by atoms with Gasteiger partial charge in [0, 0.05) is 27.2 Å². The van der Waals surface area contributed by atoms with Gasteiger partial charge in [0.1, 0.15) is 18.8 Å². The highest BCUT2D eigenvalue weighted by atomic mass is 31.2. The molecule has 0 aliphatic carbocycles. The predicted octanol–water partition coefficient (Wildman–Crippen LogP) is 2.89. The van der Waals surface area contributed by atoms with Crippen molar-refractivity contribution >= 4 is 37.4 Å². The van der Waals surface area contributed by atoms with Crippen LogP contribution in [0, 0.1) is 10.8 Å². The molecule has 230 valence electrons. The molecule has 40 heavy (non-hydrogen) atoms. The number of hydrogen-bond acceptors (Lipinski definition) is 14. The molecule has 0 spiro atoms. The van der Waals surface area contributed by atoms with Crippen LogP contribution in [0.15, 0.2) is 0 Å². The largest absolute Gasteiger partial charge is 0.463 e. The van der Waals surface area contributed by atoms with Crippen molar-refractivity contribution in [3.05, 3.63) is 0 Å². The summed E-state index contributed by atoms with van der Waals surface area (Å²) in [4.78, 5) is 59.4. The van der Waals surface area contributed by atoms with Gasteiger partial charge in [-0.3, -0.25) is 37.6 Å². The maximum absolute atomic E-state index is 13.8. The van der Waals surface area contributed by atoms with E-state index in [1.165, 1.54) is 6.92 Å². The Bertz CT molecular complexity index is 928. The normalized spacial score (nSPS) is 21.6. The van der Waals surface area contributed by atoms with Crippen LogP contribution in [0.3, 0.4) is 0 Å². The van der Waals surface area contributed by atoms with Crippen molar-refractivity contribution in [3.63, 3.8) is 0 Å². The number of rotatable bonds is 12. The van der Waals surface area contributed by atoms with E-state index in [1.54, 1.807) is 41.5 Å². The summed E-state index contributed by atoms with van der Waals surface area (Å²) < 4.78 is 56.3. The fraction of sp³-hybridized carbons (Fsp3) is 0.800. The molecular formula is C25H41O14P. The Morgan fingerprint density at radius 2 is 1.23 bits per heavy atom. The highest BCUT2D eigenvalue weighted by molar-refractivity contribution is 7.53. The van der Waals surface area contributed by atoms with Gasteiger partial charge in [0.25, 0.3) is 0 Å². The van der Waals surface area contributed by atoms with Crippen molar-refractivity contribution in [1.82, 2.24) is 0 Å². The lowest BCUT2D eigenvalue weighted by Crippen LogP contribution is -2.54. The fourth-order valence-electron chi connectivity index (χ4n) is 3.27. The average molecular weight is 597 g/mol. The van der Waals surface area contributed by atoms with Gasteiger partial charge in [-0.05, 0) is 41.5 Å². The quantitative estimate of drug-likeness (QED) is 0.139. The molecule has 4 atom stereocenters. The highest BCUT2D eigenvalue weighted by Gasteiger charge is 2.47. The highest BCUT2D eigenvalue weighted by Crippen LogP contribution is 2.51. The van der Waals surface area contributed by atoms with E-state index in [2.05, 4.69) is 0 Å². The molecule has 1 heterocycles. The van der Waals surface area contributed by atoms with Crippen molar-refractivity contribution in [2.45, 2.75) is 93.2 Å². The van der Waals surface area contributed by atoms with Crippen molar-refractivity contribution in [3.8, 4) is 0 Å². The third-order valence-electron chi connectivity index (χ3n) is 5.19. The molecule has 0 amide bonds. The fourth-order valence-corrected chi connectivity index (χ4v) is 4.71. The van der Waals surface area contributed by atoms with Crippen LogP contribution in [0.4, 0.5) is 0 Å². The maximum Gasteiger partial charge on any atom is 0.339 e. The zero-order valence-electron chi connectivity index (χ0n) is 24.5. The van der Waals surface area contributed by atoms with E-state index in [4.69, 9.17) is 37.5 Å². The Kier molecular flexibility index (Phi) is 13.2. The van der Waals surface area contributed by atoms with E-state index in [-0.39, 0.29) is 13.0 Å². The van der Waals surface area contributed by atoms with Crippen LogP contribution in [0.2, 0.25) is 0 Å². The second-order valence-electron chi connectivity index (χ2n) is 11.2. The number of ether oxygens (including phenoxy) is 6. The summed E-state index contributed by atoms with van der Waals surface area (Å²) in [5.74, 6) is -3.33. The summed E-state index contributed by atoms with van der Waals surface area (Å²) in [5, 5.41) is 0. The zero-order chi connectivity index (χ0) is 30.9. The summed E-state index contributed by atoms with van der Waals surface area (Å²) in [6.07, 6.45) is -5.07. The van der Waals surface area contributed by atoms with Gasteiger partial charge in [0.15, 0.2) is 6.10 Å². The molecular weight excluding hydrogens is 555 g/mol. The Balaban J connectivity index is 3.27. The van der Waals surface area contributed by atoms with Crippen LogP contribution < -0.4 is 0 Å². The molecule has 1 saturated heterocycles. The lowest BCUT2D eigenvalue weighted by atomic mass is 9.98. The van der Waals surface area contributed by atoms with E-state index < -0.39 is 92.4 Å². The van der Waals surface area contributed by atoms with E-state index in [0.29, 0.717) is 0 Å². The Morgan fingerprint density at radius 1 is 0.750 bits per heavy atom. The van der Waals surface area contributed by atoms with Crippen LogP contribution in [0.5, 0.6) is 0 Å². The van der Waals surface area contributed by atoms with Gasteiger partial charge in [0.05, 0.1) is 23.1 Å². The van der Waals surface area contributed by atoms with Gasteiger partial charge < -0.3 is 28.4 Å². The van der Waals surface area contributed by atoms with Crippen LogP contribution >= 0.6 is 7.60 Å². The third-order valence-corrected chi connectivity index (χ3v) is 7.00. The van der Waals surface area contributed by atoms with Gasteiger partial charge in [0.2, 0.25) is 13.6 Å². The topological polar surface area (TPSA) is 176 Å². The van der Waals surface area contributed by atoms with Crippen LogP contribution in [0.1, 0.15) is 68.7 Å². The average Bonchev–Trinajstić information content (AvgIpc) is 2.77. The minimum Gasteiger partial charge on any atom is -0.463 e. The molecule has 0 bridgehead atoms. The molecule has 0 aromatic heterocycles. The monoisotopic (exact) mass is 596 g/mol. The molecule has 0 radical (unpaired) electrons. The van der Waals surface area contributed by atoms with E-state index in [1.807, 2.05) is 0 Å². The summed E-state index contributed by atoms with van der Waals surface area (Å²) in [6.45, 7) is 11.3. The Morgan fingerprint density at radius 3 is 1.62 bits per heavy atom. The SMILES string of the molecule is CC(=O)OCC1CC(OC(C)=O)[C@H](OC(C)=O)[C@@H](CP(=O)(OCOC(=O)C(C)(C)C)OCOC(=O)C(C)(C)C)O1. The number of esters is 5. The van der Waals surface area contributed by atoms with Crippen LogP contribution in [0.25, 0.3) is 0 Å². The van der Waals surface area contributed by atoms with Gasteiger partial charge in [-0.25, -0.2) is 0 Å².